The molecule has 2 atom stereocenters. The van der Waals surface area contributed by atoms with Gasteiger partial charge in [0.05, 0.1) is 12.1 Å². The second-order valence-electron chi connectivity index (χ2n) is 7.19. The van der Waals surface area contributed by atoms with Gasteiger partial charge in [0, 0.05) is 10.9 Å². The van der Waals surface area contributed by atoms with Crippen LogP contribution in [0.5, 0.6) is 0 Å². The number of fused-ring (bicyclic) bond motifs is 1. The lowest BCUT2D eigenvalue weighted by molar-refractivity contribution is -0.120. The molecule has 27 heavy (non-hydrogen) atoms. The topological polar surface area (TPSA) is 51.0 Å². The summed E-state index contributed by atoms with van der Waals surface area (Å²) in [5, 5.41) is 5.16. The van der Waals surface area contributed by atoms with E-state index < -0.39 is 0 Å². The van der Waals surface area contributed by atoms with Gasteiger partial charge in [0.1, 0.15) is 6.33 Å². The highest BCUT2D eigenvalue weighted by Crippen LogP contribution is 2.45. The number of carbonyl (C=O) groups excluding carboxylic acids is 1. The van der Waals surface area contributed by atoms with Gasteiger partial charge in [-0.05, 0) is 36.5 Å². The molecule has 2 aromatic carbocycles. The molecule has 2 aliphatic rings. The molecule has 1 saturated carbocycles. The molecule has 1 aliphatic carbocycles. The first-order valence-corrected chi connectivity index (χ1v) is 9.64. The number of hydrogen-bond donors (Lipinski definition) is 0. The average molecular weight is 379 g/mol. The van der Waals surface area contributed by atoms with Crippen LogP contribution in [0.2, 0.25) is 5.02 Å². The summed E-state index contributed by atoms with van der Waals surface area (Å²) in [6.07, 6.45) is 4.15. The molecule has 0 N–H and O–H groups in total. The quantitative estimate of drug-likeness (QED) is 0.678. The van der Waals surface area contributed by atoms with Crippen molar-refractivity contribution < 1.29 is 4.79 Å². The number of halogens is 1. The maximum atomic E-state index is 13.1. The summed E-state index contributed by atoms with van der Waals surface area (Å²) in [5.41, 5.74) is 2.11. The average Bonchev–Trinajstić information content (AvgIpc) is 3.44. The van der Waals surface area contributed by atoms with E-state index in [4.69, 9.17) is 11.6 Å². The Hall–Kier alpha value is -2.66. The number of anilines is 1. The van der Waals surface area contributed by atoms with Crippen molar-refractivity contribution in [3.05, 3.63) is 77.1 Å². The molecular formula is C21H19ClN4O. The third-order valence-electron chi connectivity index (χ3n) is 5.44. The molecule has 0 radical (unpaired) electrons. The summed E-state index contributed by atoms with van der Waals surface area (Å²) in [7, 11) is 0. The fourth-order valence-corrected chi connectivity index (χ4v) is 4.20. The molecule has 2 unspecified atom stereocenters. The van der Waals surface area contributed by atoms with Gasteiger partial charge >= 0.3 is 0 Å². The number of carbonyl (C=O) groups is 1. The molecule has 3 aromatic rings. The zero-order valence-corrected chi connectivity index (χ0v) is 15.5. The van der Waals surface area contributed by atoms with Crippen molar-refractivity contribution in [3.63, 3.8) is 0 Å². The van der Waals surface area contributed by atoms with Crippen molar-refractivity contribution in [2.45, 2.75) is 31.3 Å². The van der Waals surface area contributed by atoms with Crippen molar-refractivity contribution in [3.8, 4) is 0 Å². The van der Waals surface area contributed by atoms with Crippen molar-refractivity contribution in [1.29, 1.82) is 0 Å². The predicted molar refractivity (Wildman–Crippen MR) is 104 cm³/mol. The highest BCUT2D eigenvalue weighted by Gasteiger charge is 2.44. The van der Waals surface area contributed by atoms with E-state index in [1.165, 1.54) is 6.33 Å². The Morgan fingerprint density at radius 1 is 1.00 bits per heavy atom. The Morgan fingerprint density at radius 3 is 2.48 bits per heavy atom. The fraction of sp³-hybridized carbons (Fsp3) is 0.286. The number of benzene rings is 2. The minimum atomic E-state index is -0.0859. The Kier molecular flexibility index (Phi) is 3.97. The van der Waals surface area contributed by atoms with Crippen molar-refractivity contribution >= 4 is 23.5 Å². The van der Waals surface area contributed by atoms with Gasteiger partial charge in [0.15, 0.2) is 0 Å². The number of aromatic nitrogens is 3. The van der Waals surface area contributed by atoms with Gasteiger partial charge < -0.3 is 0 Å². The first-order chi connectivity index (χ1) is 13.2. The molecule has 1 fully saturated rings. The van der Waals surface area contributed by atoms with Crippen LogP contribution >= 0.6 is 11.6 Å². The summed E-state index contributed by atoms with van der Waals surface area (Å²) in [4.78, 5) is 19.5. The predicted octanol–water partition coefficient (Wildman–Crippen LogP) is 4.41. The van der Waals surface area contributed by atoms with Crippen LogP contribution in [0.3, 0.4) is 0 Å². The molecule has 1 amide bonds. The van der Waals surface area contributed by atoms with Gasteiger partial charge in [-0.3, -0.25) is 9.69 Å². The van der Waals surface area contributed by atoms with E-state index in [-0.39, 0.29) is 23.9 Å². The lowest BCUT2D eigenvalue weighted by atomic mass is 9.91. The molecule has 5 nitrogen and oxygen atoms in total. The minimum absolute atomic E-state index is 0.0651. The largest absolute Gasteiger partial charge is 0.274 e. The first-order valence-electron chi connectivity index (χ1n) is 9.26. The highest BCUT2D eigenvalue weighted by molar-refractivity contribution is 6.31. The number of rotatable bonds is 3. The molecule has 0 saturated heterocycles. The summed E-state index contributed by atoms with van der Waals surface area (Å²) >= 11 is 6.50. The Balaban J connectivity index is 1.65. The molecule has 5 rings (SSSR count). The van der Waals surface area contributed by atoms with Gasteiger partial charge in [-0.2, -0.15) is 10.1 Å². The number of nitrogens with zero attached hydrogens (tertiary/aromatic N) is 4. The van der Waals surface area contributed by atoms with Crippen molar-refractivity contribution in [2.24, 2.45) is 5.92 Å². The molecule has 1 aromatic heterocycles. The Morgan fingerprint density at radius 2 is 1.74 bits per heavy atom. The van der Waals surface area contributed by atoms with Crippen LogP contribution in [-0.4, -0.2) is 20.7 Å². The smallest absolute Gasteiger partial charge is 0.233 e. The molecule has 0 bridgehead atoms. The molecule has 0 spiro atoms. The van der Waals surface area contributed by atoms with Crippen LogP contribution in [-0.2, 0) is 4.79 Å². The second kappa shape index (κ2) is 6.50. The van der Waals surface area contributed by atoms with E-state index in [1.54, 1.807) is 0 Å². The van der Waals surface area contributed by atoms with E-state index in [0.717, 1.165) is 24.0 Å². The first kappa shape index (κ1) is 16.5. The zero-order chi connectivity index (χ0) is 18.4. The molecule has 2 heterocycles. The van der Waals surface area contributed by atoms with E-state index in [0.29, 0.717) is 17.4 Å². The van der Waals surface area contributed by atoms with E-state index in [1.807, 2.05) is 52.0 Å². The molecule has 136 valence electrons. The van der Waals surface area contributed by atoms with Crippen LogP contribution in [0.25, 0.3) is 0 Å². The number of amides is 1. The van der Waals surface area contributed by atoms with Gasteiger partial charge in [-0.1, -0.05) is 60.1 Å². The standard InChI is InChI=1S/C21H19ClN4O/c22-17-9-5-4-8-16(17)19-12-18(14-6-2-1-3-7-14)25(20(27)15-10-11-15)21-23-13-24-26(19)21/h1-9,13,15,18-19H,10-12H2. The third-order valence-corrected chi connectivity index (χ3v) is 5.78. The summed E-state index contributed by atoms with van der Waals surface area (Å²) in [6, 6.07) is 17.9. The maximum absolute atomic E-state index is 13.1. The SMILES string of the molecule is O=C(C1CC1)N1c2ncnn2C(c2ccccc2Cl)CC1c1ccccc1. The number of hydrogen-bond acceptors (Lipinski definition) is 3. The third kappa shape index (κ3) is 2.82. The van der Waals surface area contributed by atoms with E-state index in [2.05, 4.69) is 22.2 Å². The van der Waals surface area contributed by atoms with Crippen LogP contribution < -0.4 is 4.90 Å². The Labute approximate surface area is 162 Å². The normalized spacial score (nSPS) is 21.7. The summed E-state index contributed by atoms with van der Waals surface area (Å²) in [6.45, 7) is 0. The molecular weight excluding hydrogens is 360 g/mol. The van der Waals surface area contributed by atoms with E-state index >= 15 is 0 Å². The van der Waals surface area contributed by atoms with Crippen LogP contribution in [0, 0.1) is 5.92 Å². The van der Waals surface area contributed by atoms with Crippen molar-refractivity contribution in [2.75, 3.05) is 4.90 Å². The molecule has 1 aliphatic heterocycles. The van der Waals surface area contributed by atoms with Crippen LogP contribution in [0.15, 0.2) is 60.9 Å². The zero-order valence-electron chi connectivity index (χ0n) is 14.7. The summed E-state index contributed by atoms with van der Waals surface area (Å²) < 4.78 is 1.85. The van der Waals surface area contributed by atoms with Crippen molar-refractivity contribution in [1.82, 2.24) is 14.8 Å². The van der Waals surface area contributed by atoms with Crippen LogP contribution in [0.1, 0.15) is 42.5 Å². The molecule has 6 heteroatoms. The lowest BCUT2D eigenvalue weighted by Gasteiger charge is -2.39. The maximum Gasteiger partial charge on any atom is 0.233 e. The minimum Gasteiger partial charge on any atom is -0.274 e. The summed E-state index contributed by atoms with van der Waals surface area (Å²) in [5.74, 6) is 0.867. The highest BCUT2D eigenvalue weighted by atomic mass is 35.5. The monoisotopic (exact) mass is 378 g/mol. The lowest BCUT2D eigenvalue weighted by Crippen LogP contribution is -2.43. The fourth-order valence-electron chi connectivity index (χ4n) is 3.94. The van der Waals surface area contributed by atoms with Gasteiger partial charge in [-0.15, -0.1) is 0 Å². The van der Waals surface area contributed by atoms with Crippen LogP contribution in [0.4, 0.5) is 5.95 Å². The van der Waals surface area contributed by atoms with Gasteiger partial charge in [0.25, 0.3) is 0 Å². The second-order valence-corrected chi connectivity index (χ2v) is 7.59. The van der Waals surface area contributed by atoms with Gasteiger partial charge in [-0.25, -0.2) is 4.68 Å². The Bertz CT molecular complexity index is 983. The van der Waals surface area contributed by atoms with Gasteiger partial charge in [0.2, 0.25) is 11.9 Å². The van der Waals surface area contributed by atoms with E-state index in [9.17, 15) is 4.79 Å².